The summed E-state index contributed by atoms with van der Waals surface area (Å²) in [6.07, 6.45) is 0.743. The molecule has 2 aromatic carbocycles. The molecule has 164 valence electrons. The van der Waals surface area contributed by atoms with Gasteiger partial charge in [0.05, 0.1) is 22.7 Å². The van der Waals surface area contributed by atoms with Gasteiger partial charge in [0.1, 0.15) is 11.9 Å². The van der Waals surface area contributed by atoms with Crippen LogP contribution in [0.3, 0.4) is 0 Å². The van der Waals surface area contributed by atoms with E-state index in [2.05, 4.69) is 22.4 Å². The molecule has 1 N–H and O–H groups in total. The number of nitrogens with zero attached hydrogens (tertiary/aromatic N) is 5. The first-order valence-corrected chi connectivity index (χ1v) is 10.6. The topological polar surface area (TPSA) is 115 Å². The SMILES string of the molecule is N#Cc1ccc(NC(=O)N2CCCN(c3nc4cc5c(cc4cc3C#N)OCO5)CC2)cc1. The molecule has 0 saturated carbocycles. The minimum absolute atomic E-state index is 0.177. The Labute approximate surface area is 190 Å². The highest BCUT2D eigenvalue weighted by Crippen LogP contribution is 2.37. The number of benzene rings is 2. The maximum Gasteiger partial charge on any atom is 0.321 e. The predicted molar refractivity (Wildman–Crippen MR) is 121 cm³/mol. The Kier molecular flexibility index (Phi) is 5.29. The van der Waals surface area contributed by atoms with Gasteiger partial charge in [0.15, 0.2) is 11.5 Å². The zero-order chi connectivity index (χ0) is 22.8. The summed E-state index contributed by atoms with van der Waals surface area (Å²) in [5, 5.41) is 22.4. The van der Waals surface area contributed by atoms with Gasteiger partial charge in [-0.2, -0.15) is 10.5 Å². The van der Waals surface area contributed by atoms with Crippen molar-refractivity contribution in [2.75, 3.05) is 43.2 Å². The zero-order valence-electron chi connectivity index (χ0n) is 17.7. The van der Waals surface area contributed by atoms with Crippen LogP contribution in [-0.2, 0) is 0 Å². The van der Waals surface area contributed by atoms with E-state index in [1.807, 2.05) is 18.2 Å². The number of rotatable bonds is 2. The van der Waals surface area contributed by atoms with Gasteiger partial charge < -0.3 is 24.6 Å². The summed E-state index contributed by atoms with van der Waals surface area (Å²) in [4.78, 5) is 21.3. The summed E-state index contributed by atoms with van der Waals surface area (Å²) in [5.74, 6) is 1.91. The quantitative estimate of drug-likeness (QED) is 0.649. The number of hydrogen-bond donors (Lipinski definition) is 1. The van der Waals surface area contributed by atoms with E-state index in [0.29, 0.717) is 60.3 Å². The third-order valence-corrected chi connectivity index (χ3v) is 5.76. The van der Waals surface area contributed by atoms with Crippen molar-refractivity contribution in [2.45, 2.75) is 6.42 Å². The number of aromatic nitrogens is 1. The smallest absolute Gasteiger partial charge is 0.321 e. The highest BCUT2D eigenvalue weighted by molar-refractivity contribution is 5.89. The summed E-state index contributed by atoms with van der Waals surface area (Å²) < 4.78 is 10.9. The van der Waals surface area contributed by atoms with Crippen LogP contribution >= 0.6 is 0 Å². The number of hydrogen-bond acceptors (Lipinski definition) is 7. The van der Waals surface area contributed by atoms with Crippen molar-refractivity contribution in [1.82, 2.24) is 9.88 Å². The second kappa shape index (κ2) is 8.56. The van der Waals surface area contributed by atoms with E-state index in [9.17, 15) is 10.1 Å². The van der Waals surface area contributed by atoms with E-state index >= 15 is 0 Å². The van der Waals surface area contributed by atoms with Gasteiger partial charge in [0.25, 0.3) is 0 Å². The molecule has 9 nitrogen and oxygen atoms in total. The van der Waals surface area contributed by atoms with Crippen LogP contribution in [0.1, 0.15) is 17.5 Å². The minimum Gasteiger partial charge on any atom is -0.454 e. The lowest BCUT2D eigenvalue weighted by molar-refractivity contribution is 0.174. The first-order chi connectivity index (χ1) is 16.1. The average molecular weight is 440 g/mol. The predicted octanol–water partition coefficient (Wildman–Crippen LogP) is 3.45. The zero-order valence-corrected chi connectivity index (χ0v) is 17.7. The fourth-order valence-electron chi connectivity index (χ4n) is 4.04. The maximum absolute atomic E-state index is 12.8. The van der Waals surface area contributed by atoms with Crippen LogP contribution in [0.15, 0.2) is 42.5 Å². The van der Waals surface area contributed by atoms with E-state index in [1.54, 1.807) is 29.2 Å². The van der Waals surface area contributed by atoms with Gasteiger partial charge in [0.2, 0.25) is 6.79 Å². The largest absolute Gasteiger partial charge is 0.454 e. The molecule has 9 heteroatoms. The molecule has 0 bridgehead atoms. The summed E-state index contributed by atoms with van der Waals surface area (Å²) >= 11 is 0. The molecular weight excluding hydrogens is 420 g/mol. The molecule has 3 aromatic rings. The second-order valence-electron chi connectivity index (χ2n) is 7.82. The van der Waals surface area contributed by atoms with Crippen LogP contribution in [0.5, 0.6) is 11.5 Å². The lowest BCUT2D eigenvalue weighted by Gasteiger charge is -2.24. The molecule has 1 aromatic heterocycles. The third-order valence-electron chi connectivity index (χ3n) is 5.76. The van der Waals surface area contributed by atoms with Gasteiger partial charge in [0, 0.05) is 43.3 Å². The van der Waals surface area contributed by atoms with Crippen LogP contribution < -0.4 is 19.7 Å². The molecule has 1 saturated heterocycles. The van der Waals surface area contributed by atoms with E-state index in [4.69, 9.17) is 19.7 Å². The summed E-state index contributed by atoms with van der Waals surface area (Å²) in [7, 11) is 0. The highest BCUT2D eigenvalue weighted by atomic mass is 16.7. The van der Waals surface area contributed by atoms with Crippen molar-refractivity contribution < 1.29 is 14.3 Å². The lowest BCUT2D eigenvalue weighted by Crippen LogP contribution is -2.38. The molecule has 1 fully saturated rings. The Morgan fingerprint density at radius 3 is 2.52 bits per heavy atom. The monoisotopic (exact) mass is 440 g/mol. The summed E-state index contributed by atoms with van der Waals surface area (Å²) in [5.41, 5.74) is 2.39. The van der Waals surface area contributed by atoms with Gasteiger partial charge in [-0.3, -0.25) is 0 Å². The van der Waals surface area contributed by atoms with Crippen LogP contribution in [0, 0.1) is 22.7 Å². The Bertz CT molecular complexity index is 1310. The van der Waals surface area contributed by atoms with E-state index < -0.39 is 0 Å². The fraction of sp³-hybridized carbons (Fsp3) is 0.250. The van der Waals surface area contributed by atoms with E-state index in [-0.39, 0.29) is 12.8 Å². The van der Waals surface area contributed by atoms with Gasteiger partial charge in [-0.15, -0.1) is 0 Å². The van der Waals surface area contributed by atoms with Crippen molar-refractivity contribution in [3.05, 3.63) is 53.6 Å². The van der Waals surface area contributed by atoms with Crippen molar-refractivity contribution in [3.63, 3.8) is 0 Å². The first-order valence-electron chi connectivity index (χ1n) is 10.6. The van der Waals surface area contributed by atoms with Gasteiger partial charge in [-0.25, -0.2) is 9.78 Å². The molecular formula is C24H20N6O3. The number of carbonyl (C=O) groups excluding carboxylic acids is 1. The number of carbonyl (C=O) groups is 1. The fourth-order valence-corrected chi connectivity index (χ4v) is 4.04. The molecule has 0 unspecified atom stereocenters. The lowest BCUT2D eigenvalue weighted by atomic mass is 10.1. The van der Waals surface area contributed by atoms with Crippen molar-refractivity contribution in [1.29, 1.82) is 10.5 Å². The minimum atomic E-state index is -0.193. The summed E-state index contributed by atoms with van der Waals surface area (Å²) in [6.45, 7) is 2.49. The highest BCUT2D eigenvalue weighted by Gasteiger charge is 2.23. The van der Waals surface area contributed by atoms with Crippen LogP contribution in [-0.4, -0.2) is 48.9 Å². The summed E-state index contributed by atoms with van der Waals surface area (Å²) in [6, 6.07) is 16.4. The molecule has 2 aliphatic rings. The number of anilines is 2. The number of fused-ring (bicyclic) bond motifs is 2. The Morgan fingerprint density at radius 2 is 1.76 bits per heavy atom. The molecule has 2 amide bonds. The van der Waals surface area contributed by atoms with Crippen LogP contribution in [0.4, 0.5) is 16.3 Å². The number of amides is 2. The third kappa shape index (κ3) is 4.04. The van der Waals surface area contributed by atoms with Gasteiger partial charge in [-0.1, -0.05) is 0 Å². The first kappa shape index (κ1) is 20.4. The average Bonchev–Trinajstić information content (AvgIpc) is 3.15. The number of urea groups is 1. The standard InChI is InChI=1S/C24H20N6O3/c25-13-16-2-4-19(5-3-16)27-24(31)30-7-1-6-29(8-9-30)23-18(14-26)10-17-11-21-22(33-15-32-21)12-20(17)28-23/h2-5,10-12H,1,6-9,15H2,(H,27,31). The number of pyridine rings is 1. The molecule has 0 spiro atoms. The number of nitrogens with one attached hydrogen (secondary N) is 1. The van der Waals surface area contributed by atoms with E-state index in [1.165, 1.54) is 0 Å². The molecule has 0 radical (unpaired) electrons. The molecule has 0 aliphatic carbocycles. The molecule has 2 aliphatic heterocycles. The molecule has 5 rings (SSSR count). The maximum atomic E-state index is 12.8. The Balaban J connectivity index is 1.33. The van der Waals surface area contributed by atoms with Crippen molar-refractivity contribution >= 4 is 28.4 Å². The molecule has 33 heavy (non-hydrogen) atoms. The van der Waals surface area contributed by atoms with Gasteiger partial charge >= 0.3 is 6.03 Å². The Morgan fingerprint density at radius 1 is 0.970 bits per heavy atom. The van der Waals surface area contributed by atoms with Crippen LogP contribution in [0.2, 0.25) is 0 Å². The van der Waals surface area contributed by atoms with Crippen LogP contribution in [0.25, 0.3) is 10.9 Å². The molecule has 3 heterocycles. The second-order valence-corrected chi connectivity index (χ2v) is 7.82. The van der Waals surface area contributed by atoms with Crippen molar-refractivity contribution in [3.8, 4) is 23.6 Å². The Hall–Kier alpha value is -4.50. The molecule has 0 atom stereocenters. The number of ether oxygens (including phenoxy) is 2. The number of nitriles is 2. The van der Waals surface area contributed by atoms with E-state index in [0.717, 1.165) is 17.3 Å². The normalized spacial score (nSPS) is 15.0. The van der Waals surface area contributed by atoms with Gasteiger partial charge in [-0.05, 0) is 42.8 Å². The van der Waals surface area contributed by atoms with Crippen molar-refractivity contribution in [2.24, 2.45) is 0 Å².